The molecule has 1 aromatic heterocycles. The zero-order valence-corrected chi connectivity index (χ0v) is 17.0. The van der Waals surface area contributed by atoms with Crippen molar-refractivity contribution in [1.82, 2.24) is 0 Å². The Morgan fingerprint density at radius 1 is 0.929 bits per heavy atom. The fraction of sp³-hybridized carbons (Fsp3) is 0.0476. The van der Waals surface area contributed by atoms with E-state index in [1.54, 1.807) is 18.2 Å². The summed E-state index contributed by atoms with van der Waals surface area (Å²) in [5.41, 5.74) is 2.72. The number of anilines is 2. The summed E-state index contributed by atoms with van der Waals surface area (Å²) in [5.74, 6) is -0.868. The zero-order chi connectivity index (χ0) is 19.8. The number of rotatable bonds is 4. The fourth-order valence-corrected chi connectivity index (χ4v) is 4.26. The molecule has 2 heterocycles. The van der Waals surface area contributed by atoms with E-state index in [1.165, 1.54) is 11.3 Å². The topological polar surface area (TPSA) is 49.4 Å². The molecule has 4 nitrogen and oxygen atoms in total. The van der Waals surface area contributed by atoms with E-state index in [0.717, 1.165) is 16.2 Å². The average Bonchev–Trinajstić information content (AvgIpc) is 3.23. The lowest BCUT2D eigenvalue weighted by atomic mass is 10.1. The van der Waals surface area contributed by atoms with Crippen LogP contribution in [0.2, 0.25) is 10.0 Å². The van der Waals surface area contributed by atoms with Gasteiger partial charge in [-0.1, -0.05) is 47.0 Å². The van der Waals surface area contributed by atoms with Crippen LogP contribution in [0.5, 0.6) is 0 Å². The van der Waals surface area contributed by atoms with E-state index in [1.807, 2.05) is 48.7 Å². The highest BCUT2D eigenvalue weighted by atomic mass is 35.5. The second-order valence-electron chi connectivity index (χ2n) is 6.29. The quantitative estimate of drug-likeness (QED) is 0.537. The average molecular weight is 429 g/mol. The van der Waals surface area contributed by atoms with Crippen molar-refractivity contribution in [1.29, 1.82) is 0 Å². The number of nitrogens with zero attached hydrogens (tertiary/aromatic N) is 1. The van der Waals surface area contributed by atoms with Crippen molar-refractivity contribution in [2.45, 2.75) is 6.92 Å². The number of hydrogen-bond donors (Lipinski definition) is 1. The minimum absolute atomic E-state index is 0.229. The summed E-state index contributed by atoms with van der Waals surface area (Å²) >= 11 is 13.6. The van der Waals surface area contributed by atoms with Crippen molar-refractivity contribution in [2.24, 2.45) is 0 Å². The summed E-state index contributed by atoms with van der Waals surface area (Å²) in [7, 11) is 0. The highest BCUT2D eigenvalue weighted by Gasteiger charge is 2.40. The van der Waals surface area contributed by atoms with Gasteiger partial charge in [-0.3, -0.25) is 9.59 Å². The molecule has 140 valence electrons. The first-order chi connectivity index (χ1) is 13.4. The molecule has 2 aromatic carbocycles. The monoisotopic (exact) mass is 428 g/mol. The molecular weight excluding hydrogens is 415 g/mol. The number of benzene rings is 2. The molecule has 1 N–H and O–H groups in total. The van der Waals surface area contributed by atoms with Crippen molar-refractivity contribution in [3.05, 3.63) is 86.2 Å². The van der Waals surface area contributed by atoms with E-state index in [-0.39, 0.29) is 5.70 Å². The van der Waals surface area contributed by atoms with Gasteiger partial charge in [-0.05, 0) is 48.7 Å². The van der Waals surface area contributed by atoms with E-state index in [0.29, 0.717) is 26.2 Å². The number of carbonyl (C=O) groups excluding carboxylic acids is 2. The summed E-state index contributed by atoms with van der Waals surface area (Å²) in [6, 6.07) is 15.9. The molecule has 0 unspecified atom stereocenters. The highest BCUT2D eigenvalue weighted by Crippen LogP contribution is 2.37. The summed E-state index contributed by atoms with van der Waals surface area (Å²) in [6.45, 7) is 1.98. The fourth-order valence-electron chi connectivity index (χ4n) is 2.98. The Hall–Kier alpha value is -2.60. The van der Waals surface area contributed by atoms with E-state index in [4.69, 9.17) is 23.2 Å². The van der Waals surface area contributed by atoms with Gasteiger partial charge in [-0.25, -0.2) is 4.90 Å². The van der Waals surface area contributed by atoms with Crippen LogP contribution in [0.25, 0.3) is 5.57 Å². The maximum Gasteiger partial charge on any atom is 0.282 e. The Kier molecular flexibility index (Phi) is 4.98. The van der Waals surface area contributed by atoms with E-state index >= 15 is 0 Å². The predicted molar refractivity (Wildman–Crippen MR) is 115 cm³/mol. The number of thiophene rings is 1. The normalized spacial score (nSPS) is 14.2. The Labute approximate surface area is 176 Å². The highest BCUT2D eigenvalue weighted by molar-refractivity contribution is 7.11. The van der Waals surface area contributed by atoms with Gasteiger partial charge in [0.2, 0.25) is 0 Å². The van der Waals surface area contributed by atoms with Gasteiger partial charge < -0.3 is 5.32 Å². The molecule has 1 aliphatic heterocycles. The van der Waals surface area contributed by atoms with Gasteiger partial charge in [0.1, 0.15) is 5.70 Å². The maximum atomic E-state index is 13.2. The van der Waals surface area contributed by atoms with E-state index < -0.39 is 11.8 Å². The molecule has 0 saturated carbocycles. The first-order valence-corrected chi connectivity index (χ1v) is 10.0. The summed E-state index contributed by atoms with van der Waals surface area (Å²) in [6.07, 6.45) is 0. The molecule has 28 heavy (non-hydrogen) atoms. The van der Waals surface area contributed by atoms with Gasteiger partial charge in [0.05, 0.1) is 11.3 Å². The van der Waals surface area contributed by atoms with Crippen LogP contribution in [0, 0.1) is 6.92 Å². The minimum atomic E-state index is -0.452. The van der Waals surface area contributed by atoms with Crippen molar-refractivity contribution in [3.63, 3.8) is 0 Å². The van der Waals surface area contributed by atoms with Crippen LogP contribution in [0.15, 0.2) is 65.7 Å². The van der Waals surface area contributed by atoms with Crippen LogP contribution in [-0.2, 0) is 9.59 Å². The molecule has 0 fully saturated rings. The summed E-state index contributed by atoms with van der Waals surface area (Å²) < 4.78 is 0. The SMILES string of the molecule is Cc1ccc(NC2=C(c3cccs3)C(=O)N(c3cc(Cl)cc(Cl)c3)C2=O)cc1. The van der Waals surface area contributed by atoms with Crippen molar-refractivity contribution >= 4 is 63.3 Å². The number of imide groups is 1. The minimum Gasteiger partial charge on any atom is -0.350 e. The Balaban J connectivity index is 1.80. The molecule has 3 aromatic rings. The largest absolute Gasteiger partial charge is 0.350 e. The number of nitrogens with one attached hydrogen (secondary N) is 1. The number of hydrogen-bond acceptors (Lipinski definition) is 4. The third-order valence-electron chi connectivity index (χ3n) is 4.28. The third kappa shape index (κ3) is 3.44. The van der Waals surface area contributed by atoms with Crippen LogP contribution in [0.4, 0.5) is 11.4 Å². The van der Waals surface area contributed by atoms with Gasteiger partial charge >= 0.3 is 0 Å². The van der Waals surface area contributed by atoms with Gasteiger partial charge in [-0.15, -0.1) is 11.3 Å². The number of carbonyl (C=O) groups is 2. The van der Waals surface area contributed by atoms with E-state index in [9.17, 15) is 9.59 Å². The maximum absolute atomic E-state index is 13.2. The first-order valence-electron chi connectivity index (χ1n) is 8.41. The van der Waals surface area contributed by atoms with Crippen molar-refractivity contribution < 1.29 is 9.59 Å². The zero-order valence-electron chi connectivity index (χ0n) is 14.7. The van der Waals surface area contributed by atoms with E-state index in [2.05, 4.69) is 5.32 Å². The lowest BCUT2D eigenvalue weighted by Crippen LogP contribution is -2.32. The molecule has 0 aliphatic carbocycles. The van der Waals surface area contributed by atoms with Crippen LogP contribution in [0.3, 0.4) is 0 Å². The molecule has 0 bridgehead atoms. The number of halogens is 2. The van der Waals surface area contributed by atoms with Crippen LogP contribution >= 0.6 is 34.5 Å². The van der Waals surface area contributed by atoms with Gasteiger partial charge in [-0.2, -0.15) is 0 Å². The lowest BCUT2D eigenvalue weighted by molar-refractivity contribution is -0.120. The Morgan fingerprint density at radius 3 is 2.21 bits per heavy atom. The Bertz CT molecular complexity index is 1090. The number of amides is 2. The van der Waals surface area contributed by atoms with Crippen LogP contribution in [-0.4, -0.2) is 11.8 Å². The molecule has 0 atom stereocenters. The standard InChI is InChI=1S/C21H14Cl2N2O2S/c1-12-4-6-15(7-5-12)24-19-18(17-3-2-8-28-17)20(26)25(21(19)27)16-10-13(22)9-14(23)11-16/h2-11,24H,1H3. The summed E-state index contributed by atoms with van der Waals surface area (Å²) in [5, 5.41) is 5.68. The third-order valence-corrected chi connectivity index (χ3v) is 5.60. The first kappa shape index (κ1) is 18.7. The molecule has 4 rings (SSSR count). The van der Waals surface area contributed by atoms with Crippen molar-refractivity contribution in [2.75, 3.05) is 10.2 Å². The Morgan fingerprint density at radius 2 is 1.61 bits per heavy atom. The van der Waals surface area contributed by atoms with Crippen LogP contribution in [0.1, 0.15) is 10.4 Å². The molecular formula is C21H14Cl2N2O2S. The second kappa shape index (κ2) is 7.43. The molecule has 0 saturated heterocycles. The molecule has 1 aliphatic rings. The molecule has 2 amide bonds. The van der Waals surface area contributed by atoms with Gasteiger partial charge in [0, 0.05) is 20.6 Å². The predicted octanol–water partition coefficient (Wildman–Crippen LogP) is 5.76. The van der Waals surface area contributed by atoms with Crippen LogP contribution < -0.4 is 10.2 Å². The van der Waals surface area contributed by atoms with Gasteiger partial charge in [0.25, 0.3) is 11.8 Å². The number of aryl methyl sites for hydroxylation is 1. The lowest BCUT2D eigenvalue weighted by Gasteiger charge is -2.16. The van der Waals surface area contributed by atoms with Gasteiger partial charge in [0.15, 0.2) is 0 Å². The summed E-state index contributed by atoms with van der Waals surface area (Å²) in [4.78, 5) is 28.3. The second-order valence-corrected chi connectivity index (χ2v) is 8.11. The molecule has 0 spiro atoms. The molecule has 7 heteroatoms. The molecule has 0 radical (unpaired) electrons. The smallest absolute Gasteiger partial charge is 0.282 e. The van der Waals surface area contributed by atoms with Crippen molar-refractivity contribution in [3.8, 4) is 0 Å².